The molecule has 0 saturated heterocycles. The second kappa shape index (κ2) is 5.48. The largest absolute Gasteiger partial charge is 0.550 e. The summed E-state index contributed by atoms with van der Waals surface area (Å²) in [6.07, 6.45) is 2.86. The lowest BCUT2D eigenvalue weighted by molar-refractivity contribution is -0.313. The number of hydrogen-bond acceptors (Lipinski definition) is 5. The molecule has 1 heterocycles. The fraction of sp³-hybridized carbons (Fsp3) is 0.583. The molecule has 2 rings (SSSR count). The number of carboxylic acid groups (broad SMARTS) is 1. The van der Waals surface area contributed by atoms with Gasteiger partial charge in [0.25, 0.3) is 0 Å². The van der Waals surface area contributed by atoms with Crippen LogP contribution in [0.1, 0.15) is 31.4 Å². The van der Waals surface area contributed by atoms with Gasteiger partial charge in [0.05, 0.1) is 5.69 Å². The number of rotatable bonds is 3. The zero-order valence-electron chi connectivity index (χ0n) is 10.1. The highest BCUT2D eigenvalue weighted by atomic mass is 32.1. The van der Waals surface area contributed by atoms with E-state index in [4.69, 9.17) is 0 Å². The van der Waals surface area contributed by atoms with E-state index >= 15 is 0 Å². The summed E-state index contributed by atoms with van der Waals surface area (Å²) in [7, 11) is 0. The number of carboxylic acids is 1. The lowest BCUT2D eigenvalue weighted by Crippen LogP contribution is -2.42. The molecule has 98 valence electrons. The van der Waals surface area contributed by atoms with Crippen LogP contribution in [0.15, 0.2) is 5.38 Å². The van der Waals surface area contributed by atoms with E-state index in [1.165, 1.54) is 11.3 Å². The molecule has 5 nitrogen and oxygen atoms in total. The van der Waals surface area contributed by atoms with Crippen molar-refractivity contribution in [1.29, 1.82) is 0 Å². The number of thiazole rings is 1. The van der Waals surface area contributed by atoms with Crippen molar-refractivity contribution >= 4 is 28.3 Å². The highest BCUT2D eigenvalue weighted by Crippen LogP contribution is 2.31. The van der Waals surface area contributed by atoms with Gasteiger partial charge in [0.2, 0.25) is 5.91 Å². The molecule has 1 aromatic heterocycles. The minimum atomic E-state index is -1.12. The van der Waals surface area contributed by atoms with Crippen LogP contribution in [0.25, 0.3) is 0 Å². The summed E-state index contributed by atoms with van der Waals surface area (Å²) in [5.74, 6) is -2.53. The monoisotopic (exact) mass is 267 g/mol. The third-order valence-electron chi connectivity index (χ3n) is 3.25. The molecule has 1 N–H and O–H groups in total. The first-order valence-electron chi connectivity index (χ1n) is 6.02. The summed E-state index contributed by atoms with van der Waals surface area (Å²) >= 11 is 1.35. The van der Waals surface area contributed by atoms with Crippen LogP contribution >= 0.6 is 11.3 Å². The summed E-state index contributed by atoms with van der Waals surface area (Å²) in [6, 6.07) is 0. The Morgan fingerprint density at radius 1 is 1.39 bits per heavy atom. The first-order chi connectivity index (χ1) is 8.58. The Morgan fingerprint density at radius 2 is 2.06 bits per heavy atom. The summed E-state index contributed by atoms with van der Waals surface area (Å²) < 4.78 is 0. The number of aryl methyl sites for hydroxylation is 1. The van der Waals surface area contributed by atoms with Gasteiger partial charge in [-0.2, -0.15) is 0 Å². The van der Waals surface area contributed by atoms with Gasteiger partial charge in [0, 0.05) is 23.2 Å². The van der Waals surface area contributed by atoms with Gasteiger partial charge < -0.3 is 15.2 Å². The van der Waals surface area contributed by atoms with Crippen molar-refractivity contribution in [1.82, 2.24) is 4.98 Å². The van der Waals surface area contributed by atoms with Crippen LogP contribution in [0.3, 0.4) is 0 Å². The van der Waals surface area contributed by atoms with E-state index in [9.17, 15) is 14.7 Å². The minimum Gasteiger partial charge on any atom is -0.550 e. The Hall–Kier alpha value is -1.43. The average molecular weight is 267 g/mol. The molecule has 1 aliphatic carbocycles. The zero-order valence-corrected chi connectivity index (χ0v) is 11.0. The average Bonchev–Trinajstić information content (AvgIpc) is 2.74. The first kappa shape index (κ1) is 13.0. The molecule has 6 heteroatoms. The highest BCUT2D eigenvalue weighted by Gasteiger charge is 2.32. The Labute approximate surface area is 109 Å². The second-order valence-corrected chi connectivity index (χ2v) is 5.46. The lowest BCUT2D eigenvalue weighted by Gasteiger charge is -2.30. The lowest BCUT2D eigenvalue weighted by atomic mass is 9.79. The first-order valence-corrected chi connectivity index (χ1v) is 6.89. The third-order valence-corrected chi connectivity index (χ3v) is 4.13. The Balaban J connectivity index is 2.04. The van der Waals surface area contributed by atoms with E-state index in [-0.39, 0.29) is 5.91 Å². The molecule has 1 fully saturated rings. The SMILES string of the molecule is Cc1csc(NC(=O)[C@H]2CCCC[C@@H]2C(=O)[O-])n1. The predicted molar refractivity (Wildman–Crippen MR) is 65.9 cm³/mol. The van der Waals surface area contributed by atoms with E-state index in [0.717, 1.165) is 18.5 Å². The summed E-state index contributed by atoms with van der Waals surface area (Å²) in [6.45, 7) is 1.84. The van der Waals surface area contributed by atoms with Crippen LogP contribution in [0, 0.1) is 18.8 Å². The molecular formula is C12H15N2O3S-. The molecule has 0 aliphatic heterocycles. The highest BCUT2D eigenvalue weighted by molar-refractivity contribution is 7.13. The quantitative estimate of drug-likeness (QED) is 0.883. The van der Waals surface area contributed by atoms with Gasteiger partial charge in [0.15, 0.2) is 5.13 Å². The molecule has 18 heavy (non-hydrogen) atoms. The molecule has 1 amide bonds. The molecule has 1 aromatic rings. The molecule has 0 bridgehead atoms. The van der Waals surface area contributed by atoms with E-state index in [0.29, 0.717) is 18.0 Å². The van der Waals surface area contributed by atoms with Crippen molar-refractivity contribution in [3.8, 4) is 0 Å². The summed E-state index contributed by atoms with van der Waals surface area (Å²) in [4.78, 5) is 27.2. The van der Waals surface area contributed by atoms with Crippen molar-refractivity contribution in [3.05, 3.63) is 11.1 Å². The number of nitrogens with zero attached hydrogens (tertiary/aromatic N) is 1. The van der Waals surface area contributed by atoms with Crippen LogP contribution in [0.5, 0.6) is 0 Å². The van der Waals surface area contributed by atoms with Crippen LogP contribution < -0.4 is 10.4 Å². The molecule has 0 unspecified atom stereocenters. The van der Waals surface area contributed by atoms with Crippen LogP contribution in [-0.4, -0.2) is 16.9 Å². The van der Waals surface area contributed by atoms with Crippen molar-refractivity contribution in [2.75, 3.05) is 5.32 Å². The fourth-order valence-electron chi connectivity index (χ4n) is 2.34. The second-order valence-electron chi connectivity index (χ2n) is 4.60. The third kappa shape index (κ3) is 2.87. The van der Waals surface area contributed by atoms with Gasteiger partial charge in [-0.15, -0.1) is 11.3 Å². The fourth-order valence-corrected chi connectivity index (χ4v) is 3.03. The summed E-state index contributed by atoms with van der Waals surface area (Å²) in [5, 5.41) is 16.1. The van der Waals surface area contributed by atoms with Crippen molar-refractivity contribution in [2.24, 2.45) is 11.8 Å². The number of hydrogen-bond donors (Lipinski definition) is 1. The van der Waals surface area contributed by atoms with E-state index < -0.39 is 17.8 Å². The number of aliphatic carboxylic acids is 1. The van der Waals surface area contributed by atoms with Gasteiger partial charge in [-0.3, -0.25) is 4.79 Å². The maximum atomic E-state index is 12.1. The number of aromatic nitrogens is 1. The van der Waals surface area contributed by atoms with Crippen molar-refractivity contribution in [2.45, 2.75) is 32.6 Å². The van der Waals surface area contributed by atoms with Gasteiger partial charge >= 0.3 is 0 Å². The Kier molecular flexibility index (Phi) is 3.96. The Morgan fingerprint density at radius 3 is 2.61 bits per heavy atom. The number of carbonyl (C=O) groups excluding carboxylic acids is 2. The zero-order chi connectivity index (χ0) is 13.1. The van der Waals surface area contributed by atoms with Crippen LogP contribution in [0.4, 0.5) is 5.13 Å². The Bertz CT molecular complexity index is 458. The van der Waals surface area contributed by atoms with E-state index in [1.54, 1.807) is 0 Å². The number of anilines is 1. The van der Waals surface area contributed by atoms with Crippen molar-refractivity contribution < 1.29 is 14.7 Å². The maximum Gasteiger partial charge on any atom is 0.229 e. The molecule has 0 spiro atoms. The van der Waals surface area contributed by atoms with Gasteiger partial charge in [-0.25, -0.2) is 4.98 Å². The molecule has 1 saturated carbocycles. The molecular weight excluding hydrogens is 252 g/mol. The topological polar surface area (TPSA) is 82.1 Å². The molecule has 1 aliphatic rings. The number of amides is 1. The van der Waals surface area contributed by atoms with Crippen LogP contribution in [0.2, 0.25) is 0 Å². The number of carbonyl (C=O) groups is 2. The molecule has 2 atom stereocenters. The number of nitrogens with one attached hydrogen (secondary N) is 1. The van der Waals surface area contributed by atoms with E-state index in [1.807, 2.05) is 12.3 Å². The standard InChI is InChI=1S/C12H16N2O3S/c1-7-6-18-12(13-7)14-10(15)8-4-2-3-5-9(8)11(16)17/h6,8-9H,2-5H2,1H3,(H,16,17)(H,13,14,15)/p-1/t8-,9-/m0/s1. The smallest absolute Gasteiger partial charge is 0.229 e. The van der Waals surface area contributed by atoms with Gasteiger partial charge in [-0.1, -0.05) is 12.8 Å². The van der Waals surface area contributed by atoms with Gasteiger partial charge in [-0.05, 0) is 19.8 Å². The predicted octanol–water partition coefficient (Wildman–Crippen LogP) is 0.946. The van der Waals surface area contributed by atoms with Crippen LogP contribution in [-0.2, 0) is 9.59 Å². The van der Waals surface area contributed by atoms with Crippen molar-refractivity contribution in [3.63, 3.8) is 0 Å². The minimum absolute atomic E-state index is 0.252. The van der Waals surface area contributed by atoms with Gasteiger partial charge in [0.1, 0.15) is 0 Å². The summed E-state index contributed by atoms with van der Waals surface area (Å²) in [5.41, 5.74) is 0.843. The molecule has 0 radical (unpaired) electrons. The molecule has 0 aromatic carbocycles. The normalized spacial score (nSPS) is 23.6. The van der Waals surface area contributed by atoms with E-state index in [2.05, 4.69) is 10.3 Å². The maximum absolute atomic E-state index is 12.1.